The topological polar surface area (TPSA) is 140 Å². The molecule has 288 valence electrons. The van der Waals surface area contributed by atoms with E-state index in [1.807, 2.05) is 19.9 Å². The molecule has 3 heterocycles. The molecule has 0 unspecified atom stereocenters. The smallest absolute Gasteiger partial charge is 0.294 e. The summed E-state index contributed by atoms with van der Waals surface area (Å²) in [5.74, 6) is 0.799. The third-order valence-electron chi connectivity index (χ3n) is 10.2. The van der Waals surface area contributed by atoms with Crippen molar-refractivity contribution in [3.8, 4) is 11.3 Å². The number of nitrogens with zero attached hydrogens (tertiary/aromatic N) is 3. The van der Waals surface area contributed by atoms with Gasteiger partial charge in [-0.25, -0.2) is 4.58 Å². The van der Waals surface area contributed by atoms with Crippen molar-refractivity contribution >= 4 is 39.6 Å². The molecule has 0 bridgehead atoms. The number of anilines is 1. The second-order valence-corrected chi connectivity index (χ2v) is 16.8. The predicted octanol–water partition coefficient (Wildman–Crippen LogP) is 6.04. The second kappa shape index (κ2) is 16.3. The Morgan fingerprint density at radius 1 is 0.944 bits per heavy atom. The first kappa shape index (κ1) is 40.4. The Labute approximate surface area is 318 Å². The van der Waals surface area contributed by atoms with Gasteiger partial charge >= 0.3 is 0 Å². The fourth-order valence-electron chi connectivity index (χ4n) is 7.07. The summed E-state index contributed by atoms with van der Waals surface area (Å²) in [6.07, 6.45) is 11.1. The summed E-state index contributed by atoms with van der Waals surface area (Å²) in [4.78, 5) is 39.1. The fourth-order valence-corrected chi connectivity index (χ4v) is 7.58. The number of hydrogen-bond acceptors (Lipinski definition) is 7. The molecule has 54 heavy (non-hydrogen) atoms. The number of unbranched alkanes of at least 4 members (excludes halogenated alkanes) is 2. The summed E-state index contributed by atoms with van der Waals surface area (Å²) < 4.78 is 42.9. The first-order chi connectivity index (χ1) is 25.4. The average Bonchev–Trinajstić information content (AvgIpc) is 3.54. The van der Waals surface area contributed by atoms with Crippen LogP contribution in [0.5, 0.6) is 0 Å². The number of carbonyl (C=O) groups excluding carboxylic acids is 3. The van der Waals surface area contributed by atoms with Crippen LogP contribution in [0.1, 0.15) is 91.0 Å². The Hall–Kier alpha value is -4.81. The highest BCUT2D eigenvalue weighted by atomic mass is 32.2. The van der Waals surface area contributed by atoms with Crippen LogP contribution < -0.4 is 20.1 Å². The van der Waals surface area contributed by atoms with Gasteiger partial charge in [-0.3, -0.25) is 23.8 Å². The van der Waals surface area contributed by atoms with Crippen molar-refractivity contribution in [3.05, 3.63) is 94.7 Å². The van der Waals surface area contributed by atoms with Crippen LogP contribution >= 0.6 is 0 Å². The van der Waals surface area contributed by atoms with E-state index >= 15 is 0 Å². The van der Waals surface area contributed by atoms with E-state index in [9.17, 15) is 27.4 Å². The van der Waals surface area contributed by atoms with E-state index in [4.69, 9.17) is 4.42 Å². The van der Waals surface area contributed by atoms with Gasteiger partial charge in [-0.15, -0.1) is 0 Å². The SMILES string of the molecule is CC[N+](CC)=c1ccc2c(/C=C/C=C3/N(CCCCCC(=O)NCCN4C(=O)C=CC4=O)c4ccc(S(=O)(=O)O)cc4C3(C)C)cc(C(C)(C)C)oc-2c1. The van der Waals surface area contributed by atoms with Gasteiger partial charge in [-0.05, 0) is 74.2 Å². The van der Waals surface area contributed by atoms with Crippen LogP contribution in [-0.4, -0.2) is 68.3 Å². The summed E-state index contributed by atoms with van der Waals surface area (Å²) >= 11 is 0. The van der Waals surface area contributed by atoms with E-state index in [0.29, 0.717) is 19.4 Å². The van der Waals surface area contributed by atoms with Gasteiger partial charge in [0.1, 0.15) is 24.6 Å². The standard InChI is InChI=1S/C42H52N4O7S/c1-8-44(9-2)30-17-19-32-29(26-37(41(3,4)5)53-35(32)27-30)14-13-15-36-42(6,7)33-28-31(54(50,51)52)18-20-34(33)45(36)24-12-10-11-16-38(47)43-23-25-46-39(48)21-22-40(46)49/h13-15,17-22,26-28H,8-12,16,23-25H2,1-7H3,(H-,43,47,50,51,52)/p+1. The van der Waals surface area contributed by atoms with Crippen LogP contribution in [0.4, 0.5) is 5.69 Å². The lowest BCUT2D eigenvalue weighted by molar-refractivity contribution is -0.137. The molecule has 0 atom stereocenters. The highest BCUT2D eigenvalue weighted by molar-refractivity contribution is 7.85. The Morgan fingerprint density at radius 3 is 2.30 bits per heavy atom. The molecule has 1 aromatic carbocycles. The molecule has 0 spiro atoms. The fraction of sp³-hybridized carbons (Fsp3) is 0.429. The van der Waals surface area contributed by atoms with Gasteiger partial charge in [0.15, 0.2) is 0 Å². The van der Waals surface area contributed by atoms with E-state index < -0.39 is 15.5 Å². The first-order valence-electron chi connectivity index (χ1n) is 18.7. The van der Waals surface area contributed by atoms with Gasteiger partial charge in [-0.2, -0.15) is 8.42 Å². The third kappa shape index (κ3) is 8.93. The zero-order valence-electron chi connectivity index (χ0n) is 32.4. The number of amides is 3. The molecule has 3 aliphatic heterocycles. The number of imide groups is 1. The summed E-state index contributed by atoms with van der Waals surface area (Å²) in [5, 5.41) is 3.89. The predicted molar refractivity (Wildman–Crippen MR) is 211 cm³/mol. The molecule has 0 fully saturated rings. The van der Waals surface area contributed by atoms with Gasteiger partial charge in [-0.1, -0.05) is 53.2 Å². The molecular formula is C42H53N4O7S+. The lowest BCUT2D eigenvalue weighted by Crippen LogP contribution is -2.38. The molecule has 0 radical (unpaired) electrons. The monoisotopic (exact) mass is 757 g/mol. The van der Waals surface area contributed by atoms with Gasteiger partial charge in [0.05, 0.1) is 11.0 Å². The summed E-state index contributed by atoms with van der Waals surface area (Å²) in [7, 11) is -4.40. The number of nitrogens with one attached hydrogen (secondary N) is 1. The molecule has 3 amide bonds. The number of benzene rings is 2. The van der Waals surface area contributed by atoms with Crippen LogP contribution in [0, 0.1) is 0 Å². The van der Waals surface area contributed by atoms with E-state index in [0.717, 1.165) is 75.8 Å². The minimum atomic E-state index is -4.40. The average molecular weight is 758 g/mol. The van der Waals surface area contributed by atoms with Crippen LogP contribution in [-0.2, 0) is 35.3 Å². The molecule has 4 aliphatic rings. The maximum Gasteiger partial charge on any atom is 0.294 e. The lowest BCUT2D eigenvalue weighted by Gasteiger charge is -2.27. The quantitative estimate of drug-likeness (QED) is 0.0879. The van der Waals surface area contributed by atoms with Crippen molar-refractivity contribution in [1.29, 1.82) is 0 Å². The van der Waals surface area contributed by atoms with Gasteiger partial charge in [0, 0.05) is 72.1 Å². The molecule has 12 heteroatoms. The summed E-state index contributed by atoms with van der Waals surface area (Å²) in [6.45, 7) is 17.5. The number of carbonyl (C=O) groups is 3. The lowest BCUT2D eigenvalue weighted by atomic mass is 9.83. The highest BCUT2D eigenvalue weighted by Crippen LogP contribution is 2.48. The van der Waals surface area contributed by atoms with Crippen molar-refractivity contribution in [2.24, 2.45) is 0 Å². The number of hydrogen-bond donors (Lipinski definition) is 2. The Morgan fingerprint density at radius 2 is 1.65 bits per heavy atom. The summed E-state index contributed by atoms with van der Waals surface area (Å²) in [5.41, 5.74) is 3.85. The molecular weight excluding hydrogens is 705 g/mol. The Balaban J connectivity index is 1.37. The van der Waals surface area contributed by atoms with Crippen LogP contribution in [0.2, 0.25) is 0 Å². The van der Waals surface area contributed by atoms with Crippen molar-refractivity contribution in [3.63, 3.8) is 0 Å². The van der Waals surface area contributed by atoms with E-state index in [-0.39, 0.29) is 41.1 Å². The second-order valence-electron chi connectivity index (χ2n) is 15.3. The molecule has 0 aromatic heterocycles. The number of fused-ring (bicyclic) bond motifs is 2. The molecule has 0 saturated carbocycles. The number of rotatable bonds is 14. The Kier molecular flexibility index (Phi) is 12.2. The zero-order valence-corrected chi connectivity index (χ0v) is 33.3. The Bertz CT molecular complexity index is 2150. The minimum absolute atomic E-state index is 0.134. The van der Waals surface area contributed by atoms with E-state index in [1.54, 1.807) is 12.1 Å². The van der Waals surface area contributed by atoms with E-state index in [1.165, 1.54) is 18.2 Å². The summed E-state index contributed by atoms with van der Waals surface area (Å²) in [6, 6.07) is 13.2. The van der Waals surface area contributed by atoms with Crippen molar-refractivity contribution < 1.29 is 31.8 Å². The van der Waals surface area contributed by atoms with Crippen LogP contribution in [0.25, 0.3) is 17.4 Å². The van der Waals surface area contributed by atoms with Crippen molar-refractivity contribution in [1.82, 2.24) is 14.8 Å². The molecule has 5 rings (SSSR count). The molecule has 2 N–H and O–H groups in total. The third-order valence-corrected chi connectivity index (χ3v) is 11.0. The van der Waals surface area contributed by atoms with Gasteiger partial charge < -0.3 is 14.6 Å². The maximum atomic E-state index is 12.5. The van der Waals surface area contributed by atoms with Gasteiger partial charge in [0.25, 0.3) is 21.9 Å². The maximum absolute atomic E-state index is 12.5. The number of allylic oxidation sites excluding steroid dienone is 3. The molecule has 1 aliphatic carbocycles. The molecule has 0 saturated heterocycles. The van der Waals surface area contributed by atoms with Crippen LogP contribution in [0.15, 0.2) is 81.8 Å². The van der Waals surface area contributed by atoms with E-state index in [2.05, 4.69) is 85.8 Å². The van der Waals surface area contributed by atoms with Gasteiger partial charge in [0.2, 0.25) is 11.3 Å². The minimum Gasteiger partial charge on any atom is -0.460 e. The van der Waals surface area contributed by atoms with Crippen molar-refractivity contribution in [2.45, 2.75) is 89.9 Å². The highest BCUT2D eigenvalue weighted by Gasteiger charge is 2.40. The normalized spacial score (nSPS) is 16.3. The first-order valence-corrected chi connectivity index (χ1v) is 20.1. The molecule has 1 aromatic rings. The van der Waals surface area contributed by atoms with Crippen LogP contribution in [0.3, 0.4) is 0 Å². The largest absolute Gasteiger partial charge is 0.460 e. The van der Waals surface area contributed by atoms with Crippen molar-refractivity contribution in [2.75, 3.05) is 37.6 Å². The zero-order chi connectivity index (χ0) is 39.4. The molecule has 11 nitrogen and oxygen atoms in total.